The zero-order chi connectivity index (χ0) is 19.1. The zero-order valence-electron chi connectivity index (χ0n) is 15.4. The first-order valence-electron chi connectivity index (χ1n) is 8.80. The Bertz CT molecular complexity index is 1300. The van der Waals surface area contributed by atoms with Crippen molar-refractivity contribution in [3.63, 3.8) is 0 Å². The van der Waals surface area contributed by atoms with Crippen LogP contribution in [0.25, 0.3) is 33.3 Å². The quantitative estimate of drug-likeness (QED) is 0.509. The minimum Gasteiger partial charge on any atom is -0.497 e. The molecule has 138 valence electrons. The first kappa shape index (κ1) is 16.3. The van der Waals surface area contributed by atoms with Crippen LogP contribution in [0.3, 0.4) is 0 Å². The van der Waals surface area contributed by atoms with Gasteiger partial charge >= 0.3 is 0 Å². The van der Waals surface area contributed by atoms with Gasteiger partial charge in [0.1, 0.15) is 16.9 Å². The van der Waals surface area contributed by atoms with E-state index >= 15 is 0 Å². The van der Waals surface area contributed by atoms with Crippen LogP contribution >= 0.6 is 0 Å². The van der Waals surface area contributed by atoms with Gasteiger partial charge in [-0.2, -0.15) is 10.1 Å². The summed E-state index contributed by atoms with van der Waals surface area (Å²) in [7, 11) is 3.48. The largest absolute Gasteiger partial charge is 0.497 e. The van der Waals surface area contributed by atoms with Crippen molar-refractivity contribution >= 4 is 21.9 Å². The summed E-state index contributed by atoms with van der Waals surface area (Å²) in [5, 5.41) is 6.14. The molecule has 7 heteroatoms. The van der Waals surface area contributed by atoms with E-state index in [-0.39, 0.29) is 0 Å². The average molecular weight is 371 g/mol. The summed E-state index contributed by atoms with van der Waals surface area (Å²) >= 11 is 0. The van der Waals surface area contributed by atoms with Crippen molar-refractivity contribution in [1.29, 1.82) is 0 Å². The lowest BCUT2D eigenvalue weighted by molar-refractivity contribution is 0.415. The summed E-state index contributed by atoms with van der Waals surface area (Å²) in [5.41, 5.74) is 2.59. The molecule has 28 heavy (non-hydrogen) atoms. The number of nitrogens with zero attached hydrogens (tertiary/aromatic N) is 4. The van der Waals surface area contributed by atoms with Gasteiger partial charge in [-0.05, 0) is 36.4 Å². The fourth-order valence-electron chi connectivity index (χ4n) is 3.17. The van der Waals surface area contributed by atoms with Gasteiger partial charge in [0.15, 0.2) is 11.5 Å². The number of hydrogen-bond acceptors (Lipinski definition) is 5. The third kappa shape index (κ3) is 2.73. The highest BCUT2D eigenvalue weighted by molar-refractivity contribution is 5.84. The van der Waals surface area contributed by atoms with Crippen molar-refractivity contribution in [3.05, 3.63) is 60.9 Å². The summed E-state index contributed by atoms with van der Waals surface area (Å²) in [4.78, 5) is 12.5. The number of H-pyrrole nitrogens is 1. The molecule has 5 rings (SSSR count). The number of methoxy groups -OCH3 is 1. The van der Waals surface area contributed by atoms with E-state index in [0.29, 0.717) is 23.1 Å². The molecule has 0 saturated heterocycles. The second kappa shape index (κ2) is 6.38. The van der Waals surface area contributed by atoms with Gasteiger partial charge in [-0.1, -0.05) is 12.1 Å². The van der Waals surface area contributed by atoms with Crippen LogP contribution < -0.4 is 9.47 Å². The molecule has 3 heterocycles. The lowest BCUT2D eigenvalue weighted by Gasteiger charge is -2.09. The number of aromatic nitrogens is 5. The first-order chi connectivity index (χ1) is 13.7. The summed E-state index contributed by atoms with van der Waals surface area (Å²) < 4.78 is 13.2. The van der Waals surface area contributed by atoms with Crippen LogP contribution in [-0.4, -0.2) is 31.8 Å². The molecular weight excluding hydrogens is 354 g/mol. The van der Waals surface area contributed by atoms with E-state index in [1.807, 2.05) is 61.8 Å². The molecule has 0 aliphatic rings. The molecule has 0 spiro atoms. The van der Waals surface area contributed by atoms with Crippen molar-refractivity contribution in [3.8, 4) is 28.8 Å². The normalized spacial score (nSPS) is 11.2. The molecule has 0 aliphatic heterocycles. The van der Waals surface area contributed by atoms with Gasteiger partial charge < -0.3 is 14.5 Å². The summed E-state index contributed by atoms with van der Waals surface area (Å²) in [6.07, 6.45) is 3.62. The fraction of sp³-hybridized carbons (Fsp3) is 0.0952. The van der Waals surface area contributed by atoms with E-state index in [4.69, 9.17) is 9.47 Å². The maximum atomic E-state index is 6.15. The number of aryl methyl sites for hydroxylation is 1. The first-order valence-corrected chi connectivity index (χ1v) is 8.80. The Morgan fingerprint density at radius 2 is 1.93 bits per heavy atom. The van der Waals surface area contributed by atoms with Gasteiger partial charge in [0.25, 0.3) is 0 Å². The molecule has 0 fully saturated rings. The molecule has 0 saturated carbocycles. The summed E-state index contributed by atoms with van der Waals surface area (Å²) in [5.74, 6) is 2.46. The number of benzene rings is 2. The molecule has 3 aromatic heterocycles. The number of nitrogens with one attached hydrogen (secondary N) is 1. The van der Waals surface area contributed by atoms with E-state index in [2.05, 4.69) is 20.1 Å². The topological polar surface area (TPSA) is 77.9 Å². The molecule has 0 unspecified atom stereocenters. The summed E-state index contributed by atoms with van der Waals surface area (Å²) in [6.45, 7) is 0. The Labute approximate surface area is 160 Å². The van der Waals surface area contributed by atoms with Crippen molar-refractivity contribution in [1.82, 2.24) is 24.7 Å². The minimum atomic E-state index is 0.464. The van der Waals surface area contributed by atoms with Crippen molar-refractivity contribution in [2.45, 2.75) is 0 Å². The monoisotopic (exact) mass is 371 g/mol. The maximum absolute atomic E-state index is 6.15. The fourth-order valence-corrected chi connectivity index (χ4v) is 3.17. The number of aromatic amines is 1. The van der Waals surface area contributed by atoms with Gasteiger partial charge in [0, 0.05) is 29.7 Å². The molecule has 7 nitrogen and oxygen atoms in total. The average Bonchev–Trinajstić information content (AvgIpc) is 3.34. The molecule has 0 amide bonds. The standard InChI is InChI=1S/C21H17N5O2/c1-26-20-17(12-23-26)21(28-16-6-7-18-13(10-16)8-9-22-18)25-19(24-20)14-4-3-5-15(11-14)27-2/h3-12,22H,1-2H3. The second-order valence-corrected chi connectivity index (χ2v) is 6.42. The number of hydrogen-bond donors (Lipinski definition) is 1. The molecule has 0 aliphatic carbocycles. The SMILES string of the molecule is COc1cccc(-c2nc(Oc3ccc4[nH]ccc4c3)c3cnn(C)c3n2)c1. The third-order valence-corrected chi connectivity index (χ3v) is 4.62. The smallest absolute Gasteiger partial charge is 0.234 e. The molecule has 5 aromatic rings. The Morgan fingerprint density at radius 1 is 1.00 bits per heavy atom. The Morgan fingerprint density at radius 3 is 2.82 bits per heavy atom. The molecule has 0 bridgehead atoms. The molecule has 0 atom stereocenters. The Balaban J connectivity index is 1.64. The van der Waals surface area contributed by atoms with E-state index in [1.54, 1.807) is 18.0 Å². The maximum Gasteiger partial charge on any atom is 0.234 e. The lowest BCUT2D eigenvalue weighted by atomic mass is 10.2. The molecule has 2 aromatic carbocycles. The van der Waals surface area contributed by atoms with E-state index in [1.165, 1.54) is 0 Å². The highest BCUT2D eigenvalue weighted by Crippen LogP contribution is 2.31. The van der Waals surface area contributed by atoms with Gasteiger partial charge in [-0.3, -0.25) is 4.68 Å². The minimum absolute atomic E-state index is 0.464. The number of ether oxygens (including phenoxy) is 2. The predicted molar refractivity (Wildman–Crippen MR) is 107 cm³/mol. The van der Waals surface area contributed by atoms with Crippen LogP contribution in [0.1, 0.15) is 0 Å². The highest BCUT2D eigenvalue weighted by atomic mass is 16.5. The van der Waals surface area contributed by atoms with Crippen LogP contribution in [-0.2, 0) is 7.05 Å². The van der Waals surface area contributed by atoms with Crippen LogP contribution in [0.2, 0.25) is 0 Å². The van der Waals surface area contributed by atoms with Gasteiger partial charge in [0.05, 0.1) is 13.3 Å². The van der Waals surface area contributed by atoms with Crippen molar-refractivity contribution < 1.29 is 9.47 Å². The number of fused-ring (bicyclic) bond motifs is 2. The lowest BCUT2D eigenvalue weighted by Crippen LogP contribution is -1.98. The van der Waals surface area contributed by atoms with Gasteiger partial charge in [-0.25, -0.2) is 4.98 Å². The molecular formula is C21H17N5O2. The van der Waals surface area contributed by atoms with Crippen LogP contribution in [0.15, 0.2) is 60.9 Å². The zero-order valence-corrected chi connectivity index (χ0v) is 15.4. The number of rotatable bonds is 4. The van der Waals surface area contributed by atoms with Gasteiger partial charge in [0.2, 0.25) is 5.88 Å². The predicted octanol–water partition coefficient (Wildman–Crippen LogP) is 4.31. The summed E-state index contributed by atoms with van der Waals surface area (Å²) in [6, 6.07) is 15.5. The van der Waals surface area contributed by atoms with E-state index in [9.17, 15) is 0 Å². The molecule has 0 radical (unpaired) electrons. The third-order valence-electron chi connectivity index (χ3n) is 4.62. The van der Waals surface area contributed by atoms with Crippen LogP contribution in [0.5, 0.6) is 17.4 Å². The van der Waals surface area contributed by atoms with Crippen LogP contribution in [0.4, 0.5) is 0 Å². The van der Waals surface area contributed by atoms with Crippen molar-refractivity contribution in [2.75, 3.05) is 7.11 Å². The molecule has 1 N–H and O–H groups in total. The Hall–Kier alpha value is -3.87. The highest BCUT2D eigenvalue weighted by Gasteiger charge is 2.15. The van der Waals surface area contributed by atoms with E-state index in [0.717, 1.165) is 27.6 Å². The Kier molecular flexibility index (Phi) is 3.72. The second-order valence-electron chi connectivity index (χ2n) is 6.42. The van der Waals surface area contributed by atoms with Crippen LogP contribution in [0, 0.1) is 0 Å². The van der Waals surface area contributed by atoms with Crippen molar-refractivity contribution in [2.24, 2.45) is 7.05 Å². The van der Waals surface area contributed by atoms with E-state index < -0.39 is 0 Å². The van der Waals surface area contributed by atoms with Gasteiger partial charge in [-0.15, -0.1) is 0 Å².